The molecule has 11 heavy (non-hydrogen) atoms. The van der Waals surface area contributed by atoms with Crippen molar-refractivity contribution in [2.75, 3.05) is 0 Å². The number of carboxylic acid groups (broad SMARTS) is 1. The molecule has 1 aromatic heterocycles. The molecule has 1 atom stereocenters. The van der Waals surface area contributed by atoms with E-state index in [9.17, 15) is 4.79 Å². The molecule has 1 aliphatic rings. The molecule has 1 N–H and O–H groups in total. The maximum atomic E-state index is 10.5. The number of carboxylic acids is 1. The van der Waals surface area contributed by atoms with Gasteiger partial charge in [-0.2, -0.15) is 0 Å². The van der Waals surface area contributed by atoms with E-state index < -0.39 is 5.97 Å². The molecule has 0 spiro atoms. The second-order valence-electron chi connectivity index (χ2n) is 2.72. The summed E-state index contributed by atoms with van der Waals surface area (Å²) in [7, 11) is 0. The molecule has 0 amide bonds. The predicted molar refractivity (Wildman–Crippen MR) is 35.0 cm³/mol. The molecule has 0 unspecified atom stereocenters. The molecule has 0 aromatic carbocycles. The average Bonchev–Trinajstić information content (AvgIpc) is 2.40. The van der Waals surface area contributed by atoms with E-state index in [2.05, 4.69) is 5.16 Å². The summed E-state index contributed by atoms with van der Waals surface area (Å²) in [4.78, 5) is 10.5. The monoisotopic (exact) mass is 153 g/mol. The van der Waals surface area contributed by atoms with Gasteiger partial charge in [-0.25, -0.2) is 0 Å². The number of rotatable bonds is 1. The zero-order valence-corrected chi connectivity index (χ0v) is 5.78. The molecule has 1 aromatic rings. The minimum atomic E-state index is -0.753. The summed E-state index contributed by atoms with van der Waals surface area (Å²) in [5, 5.41) is 12.2. The number of fused-ring (bicyclic) bond motifs is 1. The van der Waals surface area contributed by atoms with Gasteiger partial charge in [0, 0.05) is 12.0 Å². The van der Waals surface area contributed by atoms with Crippen LogP contribution in [0.3, 0.4) is 0 Å². The van der Waals surface area contributed by atoms with Crippen molar-refractivity contribution >= 4 is 5.97 Å². The summed E-state index contributed by atoms with van der Waals surface area (Å²) in [6.45, 7) is 0. The highest BCUT2D eigenvalue weighted by Crippen LogP contribution is 2.25. The van der Waals surface area contributed by atoms with Gasteiger partial charge in [0.1, 0.15) is 5.76 Å². The maximum Gasteiger partial charge on any atom is 0.307 e. The fourth-order valence-corrected chi connectivity index (χ4v) is 1.36. The van der Waals surface area contributed by atoms with Crippen LogP contribution >= 0.6 is 0 Å². The van der Waals surface area contributed by atoms with Gasteiger partial charge in [-0.3, -0.25) is 4.79 Å². The van der Waals surface area contributed by atoms with Gasteiger partial charge in [-0.15, -0.1) is 0 Å². The Kier molecular flexibility index (Phi) is 1.21. The minimum Gasteiger partial charge on any atom is -0.481 e. The SMILES string of the molecule is O=C(O)[C@@H]1Cc2cnoc2C1. The molecule has 4 nitrogen and oxygen atoms in total. The highest BCUT2D eigenvalue weighted by Gasteiger charge is 2.29. The lowest BCUT2D eigenvalue weighted by Crippen LogP contribution is -2.13. The molecule has 1 heterocycles. The number of carbonyl (C=O) groups is 1. The largest absolute Gasteiger partial charge is 0.481 e. The van der Waals surface area contributed by atoms with Gasteiger partial charge in [0.25, 0.3) is 0 Å². The standard InChI is InChI=1S/C7H7NO3/c9-7(10)4-1-5-3-8-11-6(5)2-4/h3-4H,1-2H2,(H,9,10)/t4-/m1/s1. The lowest BCUT2D eigenvalue weighted by Gasteiger charge is -1.98. The molecule has 0 saturated heterocycles. The first kappa shape index (κ1) is 6.39. The molecule has 0 bridgehead atoms. The molecule has 58 valence electrons. The third-order valence-electron chi connectivity index (χ3n) is 1.98. The molecular weight excluding hydrogens is 146 g/mol. The Morgan fingerprint density at radius 3 is 3.18 bits per heavy atom. The lowest BCUT2D eigenvalue weighted by molar-refractivity contribution is -0.141. The predicted octanol–water partition coefficient (Wildman–Crippen LogP) is 0.474. The number of aromatic nitrogens is 1. The summed E-state index contributed by atoms with van der Waals surface area (Å²) < 4.78 is 4.84. The zero-order valence-electron chi connectivity index (χ0n) is 5.78. The normalized spacial score (nSPS) is 21.6. The van der Waals surface area contributed by atoms with Gasteiger partial charge >= 0.3 is 5.97 Å². The van der Waals surface area contributed by atoms with Crippen LogP contribution < -0.4 is 0 Å². The summed E-state index contributed by atoms with van der Waals surface area (Å²) in [5.41, 5.74) is 0.942. The number of hydrogen-bond donors (Lipinski definition) is 1. The topological polar surface area (TPSA) is 63.3 Å². The van der Waals surface area contributed by atoms with Crippen molar-refractivity contribution in [3.05, 3.63) is 17.5 Å². The first-order valence-corrected chi connectivity index (χ1v) is 3.42. The van der Waals surface area contributed by atoms with E-state index in [0.29, 0.717) is 12.8 Å². The van der Waals surface area contributed by atoms with Crippen molar-refractivity contribution in [1.82, 2.24) is 5.16 Å². The van der Waals surface area contributed by atoms with Crippen LogP contribution in [0.15, 0.2) is 10.7 Å². The van der Waals surface area contributed by atoms with Crippen molar-refractivity contribution in [3.8, 4) is 0 Å². The molecular formula is C7H7NO3. The molecule has 1 aliphatic carbocycles. The highest BCUT2D eigenvalue weighted by atomic mass is 16.5. The fraction of sp³-hybridized carbons (Fsp3) is 0.429. The molecule has 0 radical (unpaired) electrons. The van der Waals surface area contributed by atoms with E-state index in [0.717, 1.165) is 11.3 Å². The number of hydrogen-bond acceptors (Lipinski definition) is 3. The third-order valence-corrected chi connectivity index (χ3v) is 1.98. The van der Waals surface area contributed by atoms with E-state index in [4.69, 9.17) is 9.63 Å². The highest BCUT2D eigenvalue weighted by molar-refractivity contribution is 5.71. The van der Waals surface area contributed by atoms with Crippen LogP contribution in [0.1, 0.15) is 11.3 Å². The molecule has 0 saturated carbocycles. The van der Waals surface area contributed by atoms with Crippen molar-refractivity contribution in [1.29, 1.82) is 0 Å². The molecule has 2 rings (SSSR count). The summed E-state index contributed by atoms with van der Waals surface area (Å²) in [5.74, 6) is -0.319. The van der Waals surface area contributed by atoms with Gasteiger partial charge in [0.05, 0.1) is 12.1 Å². The van der Waals surface area contributed by atoms with Gasteiger partial charge in [0.15, 0.2) is 0 Å². The summed E-state index contributed by atoms with van der Waals surface area (Å²) in [6.07, 6.45) is 2.65. The van der Waals surface area contributed by atoms with E-state index in [1.165, 1.54) is 0 Å². The Hall–Kier alpha value is -1.32. The fourth-order valence-electron chi connectivity index (χ4n) is 1.36. The zero-order chi connectivity index (χ0) is 7.84. The smallest absolute Gasteiger partial charge is 0.307 e. The van der Waals surface area contributed by atoms with Crippen LogP contribution in [-0.4, -0.2) is 16.2 Å². The number of aliphatic carboxylic acids is 1. The summed E-state index contributed by atoms with van der Waals surface area (Å²) >= 11 is 0. The minimum absolute atomic E-state index is 0.299. The quantitative estimate of drug-likeness (QED) is 0.637. The second-order valence-corrected chi connectivity index (χ2v) is 2.72. The van der Waals surface area contributed by atoms with Crippen molar-refractivity contribution in [2.24, 2.45) is 5.92 Å². The Balaban J connectivity index is 2.22. The third kappa shape index (κ3) is 0.906. The van der Waals surface area contributed by atoms with Crippen LogP contribution in [0.5, 0.6) is 0 Å². The maximum absolute atomic E-state index is 10.5. The average molecular weight is 153 g/mol. The molecule has 0 aliphatic heterocycles. The van der Waals surface area contributed by atoms with Crippen molar-refractivity contribution in [3.63, 3.8) is 0 Å². The van der Waals surface area contributed by atoms with Crippen LogP contribution in [0, 0.1) is 5.92 Å². The van der Waals surface area contributed by atoms with Gasteiger partial charge in [0.2, 0.25) is 0 Å². The Bertz CT molecular complexity index is 271. The second kappa shape index (κ2) is 2.08. The molecule has 4 heteroatoms. The van der Waals surface area contributed by atoms with Crippen LogP contribution in [0.4, 0.5) is 0 Å². The van der Waals surface area contributed by atoms with E-state index >= 15 is 0 Å². The van der Waals surface area contributed by atoms with Gasteiger partial charge in [-0.1, -0.05) is 5.16 Å². The van der Waals surface area contributed by atoms with E-state index in [1.54, 1.807) is 6.20 Å². The Morgan fingerprint density at radius 1 is 1.73 bits per heavy atom. The molecule has 0 fully saturated rings. The van der Waals surface area contributed by atoms with Crippen molar-refractivity contribution < 1.29 is 14.4 Å². The Morgan fingerprint density at radius 2 is 2.55 bits per heavy atom. The number of nitrogens with zero attached hydrogens (tertiary/aromatic N) is 1. The summed E-state index contributed by atoms with van der Waals surface area (Å²) in [6, 6.07) is 0. The van der Waals surface area contributed by atoms with Crippen LogP contribution in [0.25, 0.3) is 0 Å². The first-order valence-electron chi connectivity index (χ1n) is 3.42. The first-order chi connectivity index (χ1) is 5.27. The Labute approximate surface area is 62.8 Å². The van der Waals surface area contributed by atoms with Crippen LogP contribution in [-0.2, 0) is 17.6 Å². The van der Waals surface area contributed by atoms with Gasteiger partial charge in [-0.05, 0) is 6.42 Å². The van der Waals surface area contributed by atoms with Crippen LogP contribution in [0.2, 0.25) is 0 Å². The van der Waals surface area contributed by atoms with E-state index in [-0.39, 0.29) is 5.92 Å². The van der Waals surface area contributed by atoms with Crippen molar-refractivity contribution in [2.45, 2.75) is 12.8 Å². The lowest BCUT2D eigenvalue weighted by atomic mass is 10.1. The van der Waals surface area contributed by atoms with E-state index in [1.807, 2.05) is 0 Å². The van der Waals surface area contributed by atoms with Gasteiger partial charge < -0.3 is 9.63 Å².